The average Bonchev–Trinajstić information content (AvgIpc) is 2.37. The summed E-state index contributed by atoms with van der Waals surface area (Å²) < 4.78 is 0. The first-order chi connectivity index (χ1) is 9.90. The Kier molecular flexibility index (Phi) is 7.19. The first-order valence-corrected chi connectivity index (χ1v) is 7.70. The van der Waals surface area contributed by atoms with E-state index in [4.69, 9.17) is 5.11 Å². The lowest BCUT2D eigenvalue weighted by atomic mass is 10.0. The number of likely N-dealkylation sites (tertiary alicyclic amines) is 1. The molecule has 2 N–H and O–H groups in total. The molecule has 0 aromatic heterocycles. The summed E-state index contributed by atoms with van der Waals surface area (Å²) in [6, 6.07) is -0.887. The quantitative estimate of drug-likeness (QED) is 0.776. The molecule has 0 aliphatic carbocycles. The maximum Gasteiger partial charge on any atom is 0.326 e. The number of hydrogen-bond acceptors (Lipinski definition) is 3. The van der Waals surface area contributed by atoms with Crippen molar-refractivity contribution in [1.29, 1.82) is 0 Å². The Morgan fingerprint density at radius 3 is 2.52 bits per heavy atom. The van der Waals surface area contributed by atoms with E-state index in [-0.39, 0.29) is 18.4 Å². The lowest BCUT2D eigenvalue weighted by Gasteiger charge is -2.25. The lowest BCUT2D eigenvalue weighted by molar-refractivity contribution is -0.143. The van der Waals surface area contributed by atoms with Crippen LogP contribution < -0.4 is 5.32 Å². The maximum absolute atomic E-state index is 12.0. The summed E-state index contributed by atoms with van der Waals surface area (Å²) in [5.41, 5.74) is 0. The van der Waals surface area contributed by atoms with Crippen molar-refractivity contribution in [1.82, 2.24) is 10.2 Å². The molecule has 1 fully saturated rings. The summed E-state index contributed by atoms with van der Waals surface area (Å²) in [7, 11) is 0. The molecule has 1 heterocycles. The van der Waals surface area contributed by atoms with Gasteiger partial charge >= 0.3 is 5.97 Å². The first kappa shape index (κ1) is 17.5. The summed E-state index contributed by atoms with van der Waals surface area (Å²) in [5.74, 6) is -1.26. The van der Waals surface area contributed by atoms with Crippen molar-refractivity contribution in [2.45, 2.75) is 58.4 Å². The van der Waals surface area contributed by atoms with Crippen LogP contribution in [-0.2, 0) is 14.4 Å². The highest BCUT2D eigenvalue weighted by molar-refractivity contribution is 5.87. The molecular formula is C15H26N2O4. The SMILES string of the molecule is CC(C)C[C@@H](NC(=O)CN1CCCCCCC1=O)C(=O)O. The Morgan fingerprint density at radius 1 is 1.24 bits per heavy atom. The van der Waals surface area contributed by atoms with Gasteiger partial charge in [0.25, 0.3) is 0 Å². The average molecular weight is 298 g/mol. The van der Waals surface area contributed by atoms with Gasteiger partial charge in [-0.2, -0.15) is 0 Å². The predicted octanol–water partition coefficient (Wildman–Crippen LogP) is 1.39. The number of hydrogen-bond donors (Lipinski definition) is 2. The zero-order valence-electron chi connectivity index (χ0n) is 12.9. The summed E-state index contributed by atoms with van der Waals surface area (Å²) in [5, 5.41) is 11.6. The second kappa shape index (κ2) is 8.64. The molecule has 0 unspecified atom stereocenters. The molecule has 1 aliphatic heterocycles. The van der Waals surface area contributed by atoms with Crippen LogP contribution in [0.25, 0.3) is 0 Å². The van der Waals surface area contributed by atoms with E-state index < -0.39 is 17.9 Å². The van der Waals surface area contributed by atoms with Crippen LogP contribution in [0.3, 0.4) is 0 Å². The van der Waals surface area contributed by atoms with Crippen LogP contribution >= 0.6 is 0 Å². The molecule has 6 heteroatoms. The molecular weight excluding hydrogens is 272 g/mol. The molecule has 1 aliphatic rings. The Hall–Kier alpha value is -1.59. The third kappa shape index (κ3) is 6.60. The normalized spacial score (nSPS) is 18.0. The molecule has 120 valence electrons. The zero-order valence-corrected chi connectivity index (χ0v) is 12.9. The van der Waals surface area contributed by atoms with E-state index in [1.807, 2.05) is 13.8 Å². The van der Waals surface area contributed by atoms with Gasteiger partial charge in [0.15, 0.2) is 0 Å². The fraction of sp³-hybridized carbons (Fsp3) is 0.800. The standard InChI is InChI=1S/C15H26N2O4/c1-11(2)9-12(15(20)21)16-13(18)10-17-8-6-4-3-5-7-14(17)19/h11-12H,3-10H2,1-2H3,(H,16,18)(H,20,21)/t12-/m1/s1. The summed E-state index contributed by atoms with van der Waals surface area (Å²) >= 11 is 0. The van der Waals surface area contributed by atoms with Crippen LogP contribution in [0, 0.1) is 5.92 Å². The molecule has 0 saturated carbocycles. The van der Waals surface area contributed by atoms with Gasteiger partial charge in [-0.25, -0.2) is 4.79 Å². The highest BCUT2D eigenvalue weighted by Crippen LogP contribution is 2.11. The largest absolute Gasteiger partial charge is 0.480 e. The first-order valence-electron chi connectivity index (χ1n) is 7.70. The number of carboxylic acids is 1. The van der Waals surface area contributed by atoms with Gasteiger partial charge in [0.2, 0.25) is 11.8 Å². The van der Waals surface area contributed by atoms with Crippen molar-refractivity contribution < 1.29 is 19.5 Å². The van der Waals surface area contributed by atoms with Crippen molar-refractivity contribution in [2.24, 2.45) is 5.92 Å². The van der Waals surface area contributed by atoms with Gasteiger partial charge in [-0.3, -0.25) is 9.59 Å². The molecule has 1 rings (SSSR count). The lowest BCUT2D eigenvalue weighted by Crippen LogP contribution is -2.47. The monoisotopic (exact) mass is 298 g/mol. The Morgan fingerprint density at radius 2 is 1.90 bits per heavy atom. The van der Waals surface area contributed by atoms with E-state index in [0.29, 0.717) is 19.4 Å². The number of carboxylic acid groups (broad SMARTS) is 1. The maximum atomic E-state index is 12.0. The van der Waals surface area contributed by atoms with E-state index in [1.54, 1.807) is 4.90 Å². The highest BCUT2D eigenvalue weighted by atomic mass is 16.4. The van der Waals surface area contributed by atoms with Crippen LogP contribution in [0.1, 0.15) is 52.4 Å². The predicted molar refractivity (Wildman–Crippen MR) is 78.7 cm³/mol. The van der Waals surface area contributed by atoms with Crippen LogP contribution in [0.15, 0.2) is 0 Å². The van der Waals surface area contributed by atoms with E-state index >= 15 is 0 Å². The number of nitrogens with zero attached hydrogens (tertiary/aromatic N) is 1. The fourth-order valence-electron chi connectivity index (χ4n) is 2.49. The van der Waals surface area contributed by atoms with Crippen molar-refractivity contribution >= 4 is 17.8 Å². The summed E-state index contributed by atoms with van der Waals surface area (Å²) in [6.07, 6.45) is 4.74. The van der Waals surface area contributed by atoms with Crippen molar-refractivity contribution in [3.63, 3.8) is 0 Å². The number of rotatable bonds is 6. The number of carbonyl (C=O) groups is 3. The van der Waals surface area contributed by atoms with Crippen molar-refractivity contribution in [3.05, 3.63) is 0 Å². The molecule has 0 aromatic rings. The molecule has 6 nitrogen and oxygen atoms in total. The fourth-order valence-corrected chi connectivity index (χ4v) is 2.49. The second-order valence-electron chi connectivity index (χ2n) is 6.07. The third-order valence-electron chi connectivity index (χ3n) is 3.60. The smallest absolute Gasteiger partial charge is 0.326 e. The minimum atomic E-state index is -1.03. The van der Waals surface area contributed by atoms with Crippen molar-refractivity contribution in [3.8, 4) is 0 Å². The van der Waals surface area contributed by atoms with Crippen LogP contribution in [0.4, 0.5) is 0 Å². The zero-order chi connectivity index (χ0) is 15.8. The number of nitrogens with one attached hydrogen (secondary N) is 1. The van der Waals surface area contributed by atoms with E-state index in [9.17, 15) is 14.4 Å². The topological polar surface area (TPSA) is 86.7 Å². The molecule has 1 saturated heterocycles. The summed E-state index contributed by atoms with van der Waals surface area (Å²) in [4.78, 5) is 36.6. The van der Waals surface area contributed by atoms with Gasteiger partial charge in [0.1, 0.15) is 6.04 Å². The molecule has 0 bridgehead atoms. The molecule has 0 aromatic carbocycles. The van der Waals surface area contributed by atoms with E-state index in [2.05, 4.69) is 5.32 Å². The van der Waals surface area contributed by atoms with Gasteiger partial charge < -0.3 is 15.3 Å². The van der Waals surface area contributed by atoms with Gasteiger partial charge in [-0.05, 0) is 25.2 Å². The van der Waals surface area contributed by atoms with Gasteiger partial charge in [0, 0.05) is 13.0 Å². The molecule has 2 amide bonds. The van der Waals surface area contributed by atoms with E-state index in [0.717, 1.165) is 25.7 Å². The minimum Gasteiger partial charge on any atom is -0.480 e. The van der Waals surface area contributed by atoms with Crippen LogP contribution in [-0.4, -0.2) is 46.9 Å². The molecule has 1 atom stereocenters. The number of amides is 2. The highest BCUT2D eigenvalue weighted by Gasteiger charge is 2.24. The Labute approximate surface area is 125 Å². The van der Waals surface area contributed by atoms with Gasteiger partial charge in [-0.15, -0.1) is 0 Å². The summed E-state index contributed by atoms with van der Waals surface area (Å²) in [6.45, 7) is 4.35. The number of aliphatic carboxylic acids is 1. The molecule has 0 radical (unpaired) electrons. The Balaban J connectivity index is 2.53. The van der Waals surface area contributed by atoms with Gasteiger partial charge in [-0.1, -0.05) is 26.7 Å². The minimum absolute atomic E-state index is 0.0133. The number of carbonyl (C=O) groups excluding carboxylic acids is 2. The Bertz CT molecular complexity index is 382. The second-order valence-corrected chi connectivity index (χ2v) is 6.07. The van der Waals surface area contributed by atoms with Crippen molar-refractivity contribution in [2.75, 3.05) is 13.1 Å². The third-order valence-corrected chi connectivity index (χ3v) is 3.60. The van der Waals surface area contributed by atoms with Gasteiger partial charge in [0.05, 0.1) is 6.54 Å². The molecule has 0 spiro atoms. The van der Waals surface area contributed by atoms with Crippen LogP contribution in [0.2, 0.25) is 0 Å². The van der Waals surface area contributed by atoms with Crippen LogP contribution in [0.5, 0.6) is 0 Å². The van der Waals surface area contributed by atoms with E-state index in [1.165, 1.54) is 0 Å². The molecule has 21 heavy (non-hydrogen) atoms.